The number of hydrogen-bond donors (Lipinski definition) is 0. The van der Waals surface area contributed by atoms with E-state index in [-0.39, 0.29) is 11.1 Å². The molecule has 0 radical (unpaired) electrons. The Morgan fingerprint density at radius 3 is 1.40 bits per heavy atom. The van der Waals surface area contributed by atoms with Gasteiger partial charge in [0.2, 0.25) is 11.6 Å². The van der Waals surface area contributed by atoms with Gasteiger partial charge >= 0.3 is 7.12 Å². The Bertz CT molecular complexity index is 2360. The van der Waals surface area contributed by atoms with Crippen molar-refractivity contribution >= 4 is 23.4 Å². The zero-order valence-electron chi connectivity index (χ0n) is 24.7. The van der Waals surface area contributed by atoms with Gasteiger partial charge in [0.1, 0.15) is 29.0 Å². The molecule has 0 heterocycles. The quantitative estimate of drug-likeness (QED) is 0.101. The first-order valence-electron chi connectivity index (χ1n) is 14.7. The summed E-state index contributed by atoms with van der Waals surface area (Å²) in [5, 5.41) is -1.48. The fourth-order valence-corrected chi connectivity index (χ4v) is 6.78. The van der Waals surface area contributed by atoms with E-state index in [1.807, 2.05) is 0 Å². The lowest BCUT2D eigenvalue weighted by Crippen LogP contribution is -2.44. The molecule has 0 saturated carbocycles. The van der Waals surface area contributed by atoms with Crippen LogP contribution < -0.4 is 14.8 Å². The van der Waals surface area contributed by atoms with Crippen LogP contribution in [0.2, 0.25) is 0 Å². The van der Waals surface area contributed by atoms with Gasteiger partial charge < -0.3 is 9.31 Å². The van der Waals surface area contributed by atoms with Crippen molar-refractivity contribution in [3.8, 4) is 33.8 Å². The molecule has 0 N–H and O–H groups in total. The number of hydrogen-bond acceptors (Lipinski definition) is 2. The highest BCUT2D eigenvalue weighted by molar-refractivity contribution is 6.65. The molecule has 0 fully saturated rings. The maximum atomic E-state index is 15.7. The third kappa shape index (κ3) is 4.43. The first kappa shape index (κ1) is 31.7. The van der Waals surface area contributed by atoms with Gasteiger partial charge in [0.05, 0.1) is 5.39 Å². The second-order valence-corrected chi connectivity index (χ2v) is 11.6. The largest absolute Gasteiger partial charge is 0.633 e. The molecule has 14 heteroatoms. The van der Waals surface area contributed by atoms with Crippen molar-refractivity contribution in [1.82, 2.24) is 0 Å². The molecule has 0 aromatic heterocycles. The van der Waals surface area contributed by atoms with Gasteiger partial charge in [-0.05, 0) is 40.8 Å². The zero-order chi connectivity index (χ0) is 35.3. The predicted molar refractivity (Wildman–Crippen MR) is 159 cm³/mol. The van der Waals surface area contributed by atoms with Crippen molar-refractivity contribution in [3.05, 3.63) is 147 Å². The molecule has 8 rings (SSSR count). The summed E-state index contributed by atoms with van der Waals surface area (Å²) in [6.45, 7) is 0. The van der Waals surface area contributed by atoms with E-state index in [0.29, 0.717) is 12.1 Å². The summed E-state index contributed by atoms with van der Waals surface area (Å²) >= 11 is 0. The van der Waals surface area contributed by atoms with Crippen LogP contribution in [0.15, 0.2) is 60.7 Å². The third-order valence-corrected chi connectivity index (χ3v) is 8.95. The van der Waals surface area contributed by atoms with E-state index >= 15 is 26.3 Å². The highest BCUT2D eigenvalue weighted by Gasteiger charge is 2.41. The second kappa shape index (κ2) is 11.3. The Morgan fingerprint density at radius 2 is 0.900 bits per heavy atom. The van der Waals surface area contributed by atoms with Crippen LogP contribution in [-0.2, 0) is 12.8 Å². The van der Waals surface area contributed by atoms with E-state index < -0.39 is 145 Å². The Kier molecular flexibility index (Phi) is 7.14. The van der Waals surface area contributed by atoms with Gasteiger partial charge in [0.15, 0.2) is 34.9 Å². The summed E-state index contributed by atoms with van der Waals surface area (Å²) in [4.78, 5) is 0. The predicted octanol–water partition coefficient (Wildman–Crippen LogP) is 9.37. The van der Waals surface area contributed by atoms with Crippen LogP contribution in [0.3, 0.4) is 0 Å². The number of rotatable bonds is 5. The van der Waals surface area contributed by atoms with Crippen LogP contribution in [0.1, 0.15) is 22.3 Å². The molecule has 50 heavy (non-hydrogen) atoms. The topological polar surface area (TPSA) is 18.5 Å². The SMILES string of the molecule is Fc1cccc2c1-c1c(F)c(F)c(F)c(OB(Oc3c(F)c(F)c(F)c4c3Cc3cccc(F)c3-4)c3ccc(F)c4c(F)c(F)ccc34)c1C2. The van der Waals surface area contributed by atoms with Gasteiger partial charge in [-0.15, -0.1) is 0 Å². The monoisotopic (exact) mass is 698 g/mol. The van der Waals surface area contributed by atoms with Crippen molar-refractivity contribution in [2.45, 2.75) is 12.8 Å². The third-order valence-electron chi connectivity index (χ3n) is 8.95. The molecule has 2 nitrogen and oxygen atoms in total. The molecule has 250 valence electrons. The Hall–Kier alpha value is -5.53. The average molecular weight is 698 g/mol. The van der Waals surface area contributed by atoms with Gasteiger partial charge in [-0.1, -0.05) is 36.4 Å². The Labute approximate surface area is 274 Å². The molecular formula is C36H14BF11O2. The van der Waals surface area contributed by atoms with E-state index in [1.54, 1.807) is 0 Å². The van der Waals surface area contributed by atoms with Crippen LogP contribution in [0.25, 0.3) is 33.0 Å². The highest BCUT2D eigenvalue weighted by atomic mass is 19.2. The number of fused-ring (bicyclic) bond motifs is 7. The maximum absolute atomic E-state index is 15.7. The van der Waals surface area contributed by atoms with E-state index in [4.69, 9.17) is 9.31 Å². The van der Waals surface area contributed by atoms with Gasteiger partial charge in [-0.2, -0.15) is 8.78 Å². The fraction of sp³-hybridized carbons (Fsp3) is 0.0556. The van der Waals surface area contributed by atoms with Crippen molar-refractivity contribution < 1.29 is 57.6 Å². The molecular weight excluding hydrogens is 684 g/mol. The fourth-order valence-electron chi connectivity index (χ4n) is 6.78. The normalized spacial score (nSPS) is 12.5. The second-order valence-electron chi connectivity index (χ2n) is 11.6. The minimum Gasteiger partial charge on any atom is -0.519 e. The minimum absolute atomic E-state index is 0.0975. The van der Waals surface area contributed by atoms with Crippen LogP contribution in [-0.4, -0.2) is 7.12 Å². The molecule has 6 aromatic carbocycles. The van der Waals surface area contributed by atoms with E-state index in [0.717, 1.165) is 24.3 Å². The summed E-state index contributed by atoms with van der Waals surface area (Å²) in [5.41, 5.74) is -3.43. The van der Waals surface area contributed by atoms with Crippen molar-refractivity contribution in [2.75, 3.05) is 0 Å². The molecule has 0 unspecified atom stereocenters. The molecule has 0 spiro atoms. The maximum Gasteiger partial charge on any atom is 0.633 e. The lowest BCUT2D eigenvalue weighted by Gasteiger charge is -2.23. The Balaban J connectivity index is 1.37. The van der Waals surface area contributed by atoms with Gasteiger partial charge in [0, 0.05) is 51.7 Å². The van der Waals surface area contributed by atoms with Crippen LogP contribution in [0, 0.1) is 64.0 Å². The van der Waals surface area contributed by atoms with E-state index in [2.05, 4.69) is 0 Å². The highest BCUT2D eigenvalue weighted by Crippen LogP contribution is 2.49. The summed E-state index contributed by atoms with van der Waals surface area (Å²) in [7, 11) is -2.36. The van der Waals surface area contributed by atoms with Crippen LogP contribution in [0.5, 0.6) is 11.5 Å². The lowest BCUT2D eigenvalue weighted by atomic mass is 9.75. The zero-order valence-corrected chi connectivity index (χ0v) is 24.7. The van der Waals surface area contributed by atoms with Gasteiger partial charge in [-0.3, -0.25) is 0 Å². The molecule has 2 aliphatic rings. The lowest BCUT2D eigenvalue weighted by molar-refractivity contribution is 0.369. The van der Waals surface area contributed by atoms with E-state index in [1.165, 1.54) is 24.3 Å². The van der Waals surface area contributed by atoms with Gasteiger partial charge in [0.25, 0.3) is 0 Å². The average Bonchev–Trinajstić information content (AvgIpc) is 3.69. The molecule has 0 amide bonds. The van der Waals surface area contributed by atoms with Crippen LogP contribution >= 0.6 is 0 Å². The molecule has 2 aliphatic carbocycles. The van der Waals surface area contributed by atoms with Crippen molar-refractivity contribution in [3.63, 3.8) is 0 Å². The summed E-state index contributed by atoms with van der Waals surface area (Å²) < 4.78 is 178. The molecule has 0 bridgehead atoms. The first-order chi connectivity index (χ1) is 23.9. The molecule has 0 aliphatic heterocycles. The molecule has 6 aromatic rings. The summed E-state index contributed by atoms with van der Waals surface area (Å²) in [6, 6.07) is 10.1. The summed E-state index contributed by atoms with van der Waals surface area (Å²) in [6.07, 6.45) is -0.849. The molecule has 0 atom stereocenters. The Morgan fingerprint density at radius 1 is 0.420 bits per heavy atom. The molecule has 0 saturated heterocycles. The van der Waals surface area contributed by atoms with Crippen molar-refractivity contribution in [1.29, 1.82) is 0 Å². The number of benzene rings is 6. The smallest absolute Gasteiger partial charge is 0.519 e. The number of halogens is 11. The summed E-state index contributed by atoms with van der Waals surface area (Å²) in [5.74, 6) is -20.3. The minimum atomic E-state index is -2.36. The first-order valence-corrected chi connectivity index (χ1v) is 14.7. The van der Waals surface area contributed by atoms with Crippen LogP contribution in [0.4, 0.5) is 48.3 Å². The van der Waals surface area contributed by atoms with Gasteiger partial charge in [-0.25, -0.2) is 39.5 Å². The standard InChI is InChI=1S/C36H14BF11O2/c38-19-5-1-3-13-11-16-26(23(13)19)29(43)31(45)33(47)35(16)49-37(18-8-10-21(40)25-15(18)7-9-22(41)28(25)42)50-36-17-12-14-4-2-6-20(39)24(14)27(17)30(44)32(46)34(36)48/h1-10H,11-12H2. The van der Waals surface area contributed by atoms with E-state index in [9.17, 15) is 22.0 Å². The van der Waals surface area contributed by atoms with Crippen molar-refractivity contribution in [2.24, 2.45) is 0 Å².